The first kappa shape index (κ1) is 39.9. The number of carbonyl (C=O) groups is 3. The molecule has 1 fully saturated rings. The second-order valence-corrected chi connectivity index (χ2v) is 13.5. The number of anilines is 6. The third kappa shape index (κ3) is 11.4. The number of urea groups is 1. The van der Waals surface area contributed by atoms with Crippen molar-refractivity contribution >= 4 is 63.2 Å². The van der Waals surface area contributed by atoms with Crippen molar-refractivity contribution in [3.63, 3.8) is 0 Å². The van der Waals surface area contributed by atoms with Gasteiger partial charge < -0.3 is 31.5 Å². The molecular weight excluding hydrogens is 721 g/mol. The summed E-state index contributed by atoms with van der Waals surface area (Å²) >= 11 is 0. The lowest BCUT2D eigenvalue weighted by atomic mass is 9.92. The van der Waals surface area contributed by atoms with Gasteiger partial charge in [0.05, 0.1) is 30.1 Å². The number of aromatic nitrogens is 4. The molecule has 0 atom stereocenters. The Morgan fingerprint density at radius 2 is 1.55 bits per heavy atom. The number of hydrogen-bond acceptors (Lipinski definition) is 10. The van der Waals surface area contributed by atoms with Gasteiger partial charge in [0.25, 0.3) is 0 Å². The summed E-state index contributed by atoms with van der Waals surface area (Å²) in [6.45, 7) is 9.97. The number of nitrogens with one attached hydrogen (secondary N) is 4. The van der Waals surface area contributed by atoms with Crippen LogP contribution in [0.5, 0.6) is 0 Å². The first-order valence-electron chi connectivity index (χ1n) is 17.1. The number of carboxylic acids is 1. The Balaban J connectivity index is 0.000000757. The van der Waals surface area contributed by atoms with Gasteiger partial charge in [-0.1, -0.05) is 26.8 Å². The van der Waals surface area contributed by atoms with E-state index in [0.717, 1.165) is 41.1 Å². The number of alkyl halides is 3. The summed E-state index contributed by atoms with van der Waals surface area (Å²) < 4.78 is 38.8. The maximum atomic E-state index is 13.1. The number of amides is 3. The second-order valence-electron chi connectivity index (χ2n) is 13.5. The predicted molar refractivity (Wildman–Crippen MR) is 203 cm³/mol. The third-order valence-corrected chi connectivity index (χ3v) is 8.16. The third-order valence-electron chi connectivity index (χ3n) is 8.16. The lowest BCUT2D eigenvalue weighted by Gasteiger charge is -2.26. The molecule has 18 heteroatoms. The minimum Gasteiger partial charge on any atom is -0.475 e. The molecule has 3 amide bonds. The number of benzene rings is 3. The molecule has 15 nitrogen and oxygen atoms in total. The van der Waals surface area contributed by atoms with Crippen LogP contribution in [0, 0.1) is 0 Å². The average Bonchev–Trinajstić information content (AvgIpc) is 3.56. The van der Waals surface area contributed by atoms with E-state index in [2.05, 4.69) is 56.9 Å². The number of nitrogens with two attached hydrogens (primary N) is 1. The van der Waals surface area contributed by atoms with Crippen molar-refractivity contribution in [3.8, 4) is 5.69 Å². The van der Waals surface area contributed by atoms with E-state index >= 15 is 0 Å². The van der Waals surface area contributed by atoms with E-state index in [1.54, 1.807) is 28.9 Å². The fraction of sp³-hybridized carbons (Fsp3) is 0.297. The molecule has 0 radical (unpaired) electrons. The summed E-state index contributed by atoms with van der Waals surface area (Å²) in [6.07, 6.45) is -3.19. The van der Waals surface area contributed by atoms with Gasteiger partial charge in [0.2, 0.25) is 5.91 Å². The highest BCUT2D eigenvalue weighted by molar-refractivity contribution is 6.00. The average molecular weight is 763 g/mol. The maximum Gasteiger partial charge on any atom is 0.490 e. The van der Waals surface area contributed by atoms with Gasteiger partial charge in [-0.2, -0.15) is 18.3 Å². The van der Waals surface area contributed by atoms with Gasteiger partial charge in [0, 0.05) is 65.7 Å². The van der Waals surface area contributed by atoms with E-state index in [0.29, 0.717) is 54.9 Å². The summed E-state index contributed by atoms with van der Waals surface area (Å²) in [6, 6.07) is 21.6. The van der Waals surface area contributed by atoms with E-state index in [1.807, 2.05) is 48.5 Å². The second kappa shape index (κ2) is 17.3. The van der Waals surface area contributed by atoms with Gasteiger partial charge >= 0.3 is 18.2 Å². The van der Waals surface area contributed by atoms with Crippen LogP contribution in [0.3, 0.4) is 0 Å². The number of carbonyl (C=O) groups excluding carboxylic acids is 2. The fourth-order valence-corrected chi connectivity index (χ4v) is 5.28. The van der Waals surface area contributed by atoms with Crippen LogP contribution < -0.4 is 27.0 Å². The highest BCUT2D eigenvalue weighted by atomic mass is 19.4. The van der Waals surface area contributed by atoms with Crippen molar-refractivity contribution in [1.82, 2.24) is 24.6 Å². The Labute approximate surface area is 314 Å². The van der Waals surface area contributed by atoms with Gasteiger partial charge in [-0.15, -0.1) is 0 Å². The summed E-state index contributed by atoms with van der Waals surface area (Å²) in [4.78, 5) is 45.7. The molecule has 3 heterocycles. The number of carboxylic acid groups (broad SMARTS) is 1. The molecule has 290 valence electrons. The normalized spacial score (nSPS) is 13.3. The molecule has 1 saturated heterocycles. The molecule has 55 heavy (non-hydrogen) atoms. The molecule has 6 rings (SSSR count). The number of hydrogen-bond donors (Lipinski definition) is 6. The zero-order valence-corrected chi connectivity index (χ0v) is 30.3. The van der Waals surface area contributed by atoms with Gasteiger partial charge in [-0.3, -0.25) is 15.0 Å². The molecule has 1 aliphatic heterocycles. The highest BCUT2D eigenvalue weighted by Gasteiger charge is 2.38. The Hall–Kier alpha value is -6.27. The standard InChI is InChI=1S/C35H40N10O3.C2HF3O2/c1-35(2,3)30-21-31(45(43-30)27-6-4-5-23(36)19-27)42-34(47)41-25-9-7-24(8-10-25)40-33-28-20-26(11-12-29(28)37-22-38-33)39-32(46)13-14-44-15-17-48-18-16-44;3-2(4,5)1(6)7/h4-12,19-22H,13-18,36H2,1-3H3,(H,39,46)(H,37,38,40)(H2,41,42,47);(H,6,7). The van der Waals surface area contributed by atoms with Crippen molar-refractivity contribution < 1.29 is 37.4 Å². The van der Waals surface area contributed by atoms with Gasteiger partial charge in [0.1, 0.15) is 18.0 Å². The Morgan fingerprint density at radius 1 is 0.873 bits per heavy atom. The molecule has 0 aliphatic carbocycles. The van der Waals surface area contributed by atoms with E-state index in [-0.39, 0.29) is 11.3 Å². The smallest absolute Gasteiger partial charge is 0.475 e. The molecule has 0 unspecified atom stereocenters. The topological polar surface area (TPSA) is 202 Å². The molecule has 2 aromatic heterocycles. The van der Waals surface area contributed by atoms with E-state index in [1.165, 1.54) is 6.33 Å². The van der Waals surface area contributed by atoms with Crippen molar-refractivity contribution in [2.24, 2.45) is 0 Å². The number of morpholine rings is 1. The van der Waals surface area contributed by atoms with E-state index < -0.39 is 18.2 Å². The van der Waals surface area contributed by atoms with Crippen LogP contribution in [0.4, 0.5) is 52.4 Å². The highest BCUT2D eigenvalue weighted by Crippen LogP contribution is 2.29. The lowest BCUT2D eigenvalue weighted by Crippen LogP contribution is -2.38. The minimum atomic E-state index is -5.08. The largest absolute Gasteiger partial charge is 0.490 e. The Morgan fingerprint density at radius 3 is 2.20 bits per heavy atom. The molecule has 0 bridgehead atoms. The minimum absolute atomic E-state index is 0.0526. The quantitative estimate of drug-likeness (QED) is 0.0911. The van der Waals surface area contributed by atoms with Crippen LogP contribution in [-0.4, -0.2) is 86.7 Å². The number of ether oxygens (including phenoxy) is 1. The van der Waals surface area contributed by atoms with Gasteiger partial charge in [-0.05, 0) is 60.7 Å². The number of halogens is 3. The first-order valence-corrected chi connectivity index (χ1v) is 17.1. The number of rotatable bonds is 9. The molecule has 7 N–H and O–H groups in total. The van der Waals surface area contributed by atoms with Gasteiger partial charge in [-0.25, -0.2) is 24.2 Å². The first-order chi connectivity index (χ1) is 26.0. The summed E-state index contributed by atoms with van der Waals surface area (Å²) in [5.74, 6) is -1.70. The van der Waals surface area contributed by atoms with E-state index in [9.17, 15) is 22.8 Å². The number of nitrogen functional groups attached to an aromatic ring is 1. The van der Waals surface area contributed by atoms with Crippen molar-refractivity contribution in [2.45, 2.75) is 38.8 Å². The van der Waals surface area contributed by atoms with Crippen LogP contribution in [-0.2, 0) is 19.7 Å². The maximum absolute atomic E-state index is 13.1. The van der Waals surface area contributed by atoms with Gasteiger partial charge in [0.15, 0.2) is 0 Å². The summed E-state index contributed by atoms with van der Waals surface area (Å²) in [5.41, 5.74) is 10.7. The van der Waals surface area contributed by atoms with Crippen LogP contribution >= 0.6 is 0 Å². The van der Waals surface area contributed by atoms with Crippen LogP contribution in [0.1, 0.15) is 32.9 Å². The molecule has 5 aromatic rings. The summed E-state index contributed by atoms with van der Waals surface area (Å²) in [5, 5.41) is 24.8. The van der Waals surface area contributed by atoms with Crippen molar-refractivity contribution in [3.05, 3.63) is 84.8 Å². The zero-order valence-electron chi connectivity index (χ0n) is 30.3. The van der Waals surface area contributed by atoms with Crippen LogP contribution in [0.2, 0.25) is 0 Å². The lowest BCUT2D eigenvalue weighted by molar-refractivity contribution is -0.192. The number of fused-ring (bicyclic) bond motifs is 1. The Bertz CT molecular complexity index is 2130. The number of aliphatic carboxylic acids is 1. The van der Waals surface area contributed by atoms with Crippen molar-refractivity contribution in [1.29, 1.82) is 0 Å². The Kier molecular flexibility index (Phi) is 12.5. The molecule has 0 spiro atoms. The number of nitrogens with zero attached hydrogens (tertiary/aromatic N) is 5. The van der Waals surface area contributed by atoms with E-state index in [4.69, 9.17) is 25.5 Å². The monoisotopic (exact) mass is 762 g/mol. The predicted octanol–water partition coefficient (Wildman–Crippen LogP) is 6.38. The molecule has 1 aliphatic rings. The summed E-state index contributed by atoms with van der Waals surface area (Å²) in [7, 11) is 0. The van der Waals surface area contributed by atoms with Crippen LogP contribution in [0.15, 0.2) is 79.1 Å². The molecular formula is C37H41F3N10O5. The van der Waals surface area contributed by atoms with Crippen molar-refractivity contribution in [2.75, 3.05) is 59.8 Å². The molecule has 0 saturated carbocycles. The molecule has 3 aromatic carbocycles. The van der Waals surface area contributed by atoms with Crippen LogP contribution in [0.25, 0.3) is 16.6 Å². The SMILES string of the molecule is CC(C)(C)c1cc(NC(=O)Nc2ccc(Nc3ncnc4ccc(NC(=O)CCN5CCOCC5)cc34)cc2)n(-c2cccc(N)c2)n1.O=C(O)C(F)(F)F. The fourth-order valence-electron chi connectivity index (χ4n) is 5.28. The zero-order chi connectivity index (χ0) is 39.8.